The summed E-state index contributed by atoms with van der Waals surface area (Å²) in [6, 6.07) is 0.750. The molecule has 1 saturated heterocycles. The van der Waals surface area contributed by atoms with Crippen LogP contribution in [0.25, 0.3) is 0 Å². The molecule has 1 aliphatic rings. The standard InChI is InChI=1S/C16H29N5S/c1-13-7-4-5-9-21(13)10-6-8-18-16(17-3)19-11-15-14(2)20-12-22-15/h12-13H,4-11H2,1-3H3,(H2,17,18,19). The van der Waals surface area contributed by atoms with E-state index in [9.17, 15) is 0 Å². The summed E-state index contributed by atoms with van der Waals surface area (Å²) in [6.45, 7) is 8.59. The maximum atomic E-state index is 4.28. The van der Waals surface area contributed by atoms with Crippen molar-refractivity contribution < 1.29 is 0 Å². The first kappa shape index (κ1) is 17.2. The quantitative estimate of drug-likeness (QED) is 0.479. The highest BCUT2D eigenvalue weighted by Gasteiger charge is 2.17. The number of aryl methyl sites for hydroxylation is 1. The average molecular weight is 324 g/mol. The molecule has 1 fully saturated rings. The minimum Gasteiger partial charge on any atom is -0.356 e. The van der Waals surface area contributed by atoms with Crippen molar-refractivity contribution in [1.82, 2.24) is 20.5 Å². The molecule has 2 heterocycles. The summed E-state index contributed by atoms with van der Waals surface area (Å²) in [4.78, 5) is 12.4. The second-order valence-corrected chi connectivity index (χ2v) is 6.89. The number of aromatic nitrogens is 1. The van der Waals surface area contributed by atoms with Gasteiger partial charge in [-0.15, -0.1) is 11.3 Å². The number of aliphatic imine (C=N–C) groups is 1. The van der Waals surface area contributed by atoms with Gasteiger partial charge in [0, 0.05) is 31.1 Å². The predicted molar refractivity (Wildman–Crippen MR) is 94.6 cm³/mol. The second-order valence-electron chi connectivity index (χ2n) is 5.95. The summed E-state index contributed by atoms with van der Waals surface area (Å²) in [5, 5.41) is 6.76. The molecular formula is C16H29N5S. The van der Waals surface area contributed by atoms with Gasteiger partial charge in [0.1, 0.15) is 0 Å². The Morgan fingerprint density at radius 1 is 1.45 bits per heavy atom. The van der Waals surface area contributed by atoms with E-state index in [1.807, 2.05) is 19.5 Å². The summed E-state index contributed by atoms with van der Waals surface area (Å²) in [5.74, 6) is 0.875. The highest BCUT2D eigenvalue weighted by atomic mass is 32.1. The number of guanidine groups is 1. The SMILES string of the molecule is CN=C(NCCCN1CCCCC1C)NCc1scnc1C. The Morgan fingerprint density at radius 3 is 3.00 bits per heavy atom. The van der Waals surface area contributed by atoms with Crippen LogP contribution in [-0.2, 0) is 6.54 Å². The number of nitrogens with one attached hydrogen (secondary N) is 2. The lowest BCUT2D eigenvalue weighted by Crippen LogP contribution is -2.41. The molecule has 1 aromatic heterocycles. The Labute approximate surface area is 138 Å². The Bertz CT molecular complexity index is 471. The molecule has 2 N–H and O–H groups in total. The van der Waals surface area contributed by atoms with Crippen LogP contribution in [0, 0.1) is 6.92 Å². The first-order chi connectivity index (χ1) is 10.7. The zero-order chi connectivity index (χ0) is 15.8. The molecule has 1 aliphatic heterocycles. The van der Waals surface area contributed by atoms with Crippen LogP contribution < -0.4 is 10.6 Å². The van der Waals surface area contributed by atoms with Crippen LogP contribution in [0.15, 0.2) is 10.5 Å². The van der Waals surface area contributed by atoms with Gasteiger partial charge in [-0.05, 0) is 39.7 Å². The van der Waals surface area contributed by atoms with Crippen LogP contribution in [0.2, 0.25) is 0 Å². The topological polar surface area (TPSA) is 52.6 Å². The van der Waals surface area contributed by atoms with Gasteiger partial charge in [-0.2, -0.15) is 0 Å². The van der Waals surface area contributed by atoms with Crippen LogP contribution in [0.5, 0.6) is 0 Å². The Kier molecular flexibility index (Phi) is 7.12. The van der Waals surface area contributed by atoms with Crippen molar-refractivity contribution in [2.45, 2.75) is 52.1 Å². The molecule has 124 valence electrons. The molecule has 6 heteroatoms. The fourth-order valence-electron chi connectivity index (χ4n) is 2.86. The van der Waals surface area contributed by atoms with Gasteiger partial charge in [0.2, 0.25) is 0 Å². The first-order valence-corrected chi connectivity index (χ1v) is 9.16. The third-order valence-corrected chi connectivity index (χ3v) is 5.28. The second kappa shape index (κ2) is 9.10. The summed E-state index contributed by atoms with van der Waals surface area (Å²) in [6.07, 6.45) is 5.26. The van der Waals surface area contributed by atoms with Gasteiger partial charge >= 0.3 is 0 Å². The highest BCUT2D eigenvalue weighted by molar-refractivity contribution is 7.09. The number of hydrogen-bond acceptors (Lipinski definition) is 4. The molecule has 0 saturated carbocycles. The Morgan fingerprint density at radius 2 is 2.32 bits per heavy atom. The number of thiazole rings is 1. The third kappa shape index (κ3) is 5.25. The third-order valence-electron chi connectivity index (χ3n) is 4.34. The van der Waals surface area contributed by atoms with Crippen LogP contribution >= 0.6 is 11.3 Å². The molecule has 0 amide bonds. The van der Waals surface area contributed by atoms with E-state index in [2.05, 4.69) is 32.4 Å². The molecule has 1 atom stereocenters. The predicted octanol–water partition coefficient (Wildman–Crippen LogP) is 2.38. The Balaban J connectivity index is 1.63. The van der Waals surface area contributed by atoms with Crippen molar-refractivity contribution in [2.75, 3.05) is 26.7 Å². The molecular weight excluding hydrogens is 294 g/mol. The fraction of sp³-hybridized carbons (Fsp3) is 0.750. The van der Waals surface area contributed by atoms with Gasteiger partial charge in [-0.25, -0.2) is 4.98 Å². The lowest BCUT2D eigenvalue weighted by atomic mass is 10.0. The zero-order valence-electron chi connectivity index (χ0n) is 14.1. The van der Waals surface area contributed by atoms with Crippen LogP contribution in [0.4, 0.5) is 0 Å². The van der Waals surface area contributed by atoms with E-state index in [0.29, 0.717) is 0 Å². The van der Waals surface area contributed by atoms with E-state index in [4.69, 9.17) is 0 Å². The van der Waals surface area contributed by atoms with E-state index < -0.39 is 0 Å². The maximum Gasteiger partial charge on any atom is 0.191 e. The number of hydrogen-bond donors (Lipinski definition) is 2. The normalized spacial score (nSPS) is 20.1. The lowest BCUT2D eigenvalue weighted by Gasteiger charge is -2.33. The van der Waals surface area contributed by atoms with Gasteiger partial charge in [0.25, 0.3) is 0 Å². The van der Waals surface area contributed by atoms with E-state index >= 15 is 0 Å². The van der Waals surface area contributed by atoms with E-state index in [1.165, 1.54) is 37.2 Å². The minimum absolute atomic E-state index is 0.750. The molecule has 0 aliphatic carbocycles. The fourth-order valence-corrected chi connectivity index (χ4v) is 3.58. The van der Waals surface area contributed by atoms with Crippen molar-refractivity contribution in [3.8, 4) is 0 Å². The summed E-state index contributed by atoms with van der Waals surface area (Å²) < 4.78 is 0. The summed E-state index contributed by atoms with van der Waals surface area (Å²) in [5.41, 5.74) is 2.99. The number of nitrogens with zero attached hydrogens (tertiary/aromatic N) is 3. The molecule has 0 spiro atoms. The average Bonchev–Trinajstić information content (AvgIpc) is 2.93. The molecule has 2 rings (SSSR count). The smallest absolute Gasteiger partial charge is 0.191 e. The van der Waals surface area contributed by atoms with Crippen molar-refractivity contribution in [3.63, 3.8) is 0 Å². The van der Waals surface area contributed by atoms with Gasteiger partial charge in [0.05, 0.1) is 17.7 Å². The number of rotatable bonds is 6. The van der Waals surface area contributed by atoms with Crippen LogP contribution in [-0.4, -0.2) is 48.6 Å². The maximum absolute atomic E-state index is 4.28. The number of likely N-dealkylation sites (tertiary alicyclic amines) is 1. The molecule has 22 heavy (non-hydrogen) atoms. The van der Waals surface area contributed by atoms with Crippen molar-refractivity contribution in [3.05, 3.63) is 16.1 Å². The van der Waals surface area contributed by atoms with E-state index in [-0.39, 0.29) is 0 Å². The Hall–Kier alpha value is -1.14. The molecule has 0 radical (unpaired) electrons. The largest absolute Gasteiger partial charge is 0.356 e. The van der Waals surface area contributed by atoms with Gasteiger partial charge in [-0.3, -0.25) is 4.99 Å². The van der Waals surface area contributed by atoms with Gasteiger partial charge in [-0.1, -0.05) is 6.42 Å². The summed E-state index contributed by atoms with van der Waals surface area (Å²) in [7, 11) is 1.82. The lowest BCUT2D eigenvalue weighted by molar-refractivity contribution is 0.159. The van der Waals surface area contributed by atoms with Crippen LogP contribution in [0.3, 0.4) is 0 Å². The first-order valence-electron chi connectivity index (χ1n) is 8.28. The zero-order valence-corrected chi connectivity index (χ0v) is 14.9. The molecule has 1 aromatic rings. The molecule has 0 aromatic carbocycles. The molecule has 0 bridgehead atoms. The van der Waals surface area contributed by atoms with Crippen molar-refractivity contribution in [2.24, 2.45) is 4.99 Å². The van der Waals surface area contributed by atoms with Crippen LogP contribution in [0.1, 0.15) is 43.2 Å². The summed E-state index contributed by atoms with van der Waals surface area (Å²) >= 11 is 1.69. The highest BCUT2D eigenvalue weighted by Crippen LogP contribution is 2.16. The van der Waals surface area contributed by atoms with Gasteiger partial charge in [0.15, 0.2) is 5.96 Å². The van der Waals surface area contributed by atoms with E-state index in [0.717, 1.165) is 37.2 Å². The van der Waals surface area contributed by atoms with Crippen molar-refractivity contribution >= 4 is 17.3 Å². The van der Waals surface area contributed by atoms with Crippen molar-refractivity contribution in [1.29, 1.82) is 0 Å². The minimum atomic E-state index is 0.750. The molecule has 1 unspecified atom stereocenters. The number of piperidine rings is 1. The molecule has 5 nitrogen and oxygen atoms in total. The monoisotopic (exact) mass is 323 g/mol. The van der Waals surface area contributed by atoms with E-state index in [1.54, 1.807) is 11.3 Å². The van der Waals surface area contributed by atoms with Gasteiger partial charge < -0.3 is 15.5 Å².